The summed E-state index contributed by atoms with van der Waals surface area (Å²) in [6, 6.07) is 15.1. The van der Waals surface area contributed by atoms with Crippen molar-refractivity contribution in [3.63, 3.8) is 0 Å². The van der Waals surface area contributed by atoms with Crippen LogP contribution in [0.3, 0.4) is 0 Å². The van der Waals surface area contributed by atoms with Crippen LogP contribution in [0.5, 0.6) is 0 Å². The van der Waals surface area contributed by atoms with Crippen LogP contribution in [0.4, 0.5) is 5.69 Å². The fraction of sp³-hybridized carbons (Fsp3) is 0.261. The largest absolute Gasteiger partial charge is 0.477 e. The lowest BCUT2D eigenvalue weighted by molar-refractivity contribution is 0.0685. The Morgan fingerprint density at radius 2 is 1.72 bits per heavy atom. The third-order valence-electron chi connectivity index (χ3n) is 4.87. The molecule has 3 aromatic rings. The number of carboxylic acids is 1. The molecule has 1 aromatic heterocycles. The van der Waals surface area contributed by atoms with Gasteiger partial charge in [-0.3, -0.25) is 0 Å². The molecule has 0 spiro atoms. The first kappa shape index (κ1) is 21.3. The first-order valence-electron chi connectivity index (χ1n) is 9.70. The zero-order chi connectivity index (χ0) is 20.8. The third-order valence-corrected chi connectivity index (χ3v) is 5.58. The number of nitrogens with one attached hydrogen (secondary N) is 1. The van der Waals surface area contributed by atoms with Gasteiger partial charge in [-0.25, -0.2) is 4.79 Å². The average molecular weight is 431 g/mol. The number of aryl methyl sites for hydroxylation is 1. The molecule has 0 saturated carbocycles. The summed E-state index contributed by atoms with van der Waals surface area (Å²) in [5.74, 6) is -0.900. The molecule has 0 bridgehead atoms. The number of aromatic nitrogens is 1. The topological polar surface area (TPSA) is 54.3 Å². The summed E-state index contributed by atoms with van der Waals surface area (Å²) in [5.41, 5.74) is 4.00. The fourth-order valence-electron chi connectivity index (χ4n) is 3.24. The summed E-state index contributed by atoms with van der Waals surface area (Å²) >= 11 is 12.4. The van der Waals surface area contributed by atoms with Crippen molar-refractivity contribution in [2.75, 3.05) is 5.32 Å². The van der Waals surface area contributed by atoms with Crippen LogP contribution in [-0.4, -0.2) is 15.6 Å². The van der Waals surface area contributed by atoms with Crippen LogP contribution < -0.4 is 5.32 Å². The van der Waals surface area contributed by atoms with Crippen molar-refractivity contribution < 1.29 is 9.90 Å². The minimum absolute atomic E-state index is 0.326. The Hall–Kier alpha value is -2.43. The van der Waals surface area contributed by atoms with Gasteiger partial charge in [0, 0.05) is 46.1 Å². The molecule has 4 nitrogen and oxygen atoms in total. The molecule has 0 saturated heterocycles. The van der Waals surface area contributed by atoms with E-state index in [2.05, 4.69) is 12.2 Å². The molecule has 0 unspecified atom stereocenters. The number of nitrogens with zero attached hydrogens (tertiary/aromatic N) is 1. The van der Waals surface area contributed by atoms with E-state index in [1.807, 2.05) is 53.2 Å². The normalized spacial score (nSPS) is 10.9. The number of anilines is 1. The van der Waals surface area contributed by atoms with E-state index in [9.17, 15) is 9.90 Å². The van der Waals surface area contributed by atoms with E-state index in [4.69, 9.17) is 23.2 Å². The molecule has 0 atom stereocenters. The molecule has 0 aliphatic heterocycles. The number of carbonyl (C=O) groups is 1. The predicted molar refractivity (Wildman–Crippen MR) is 120 cm³/mol. The molecule has 0 aliphatic carbocycles. The van der Waals surface area contributed by atoms with E-state index in [0.717, 1.165) is 41.6 Å². The summed E-state index contributed by atoms with van der Waals surface area (Å²) in [4.78, 5) is 11.6. The van der Waals surface area contributed by atoms with Gasteiger partial charge in [0.1, 0.15) is 5.69 Å². The van der Waals surface area contributed by atoms with Crippen LogP contribution in [0.25, 0.3) is 11.1 Å². The van der Waals surface area contributed by atoms with E-state index >= 15 is 0 Å². The summed E-state index contributed by atoms with van der Waals surface area (Å²) in [6.45, 7) is 3.37. The molecular weight excluding hydrogens is 407 g/mol. The number of rotatable bonds is 9. The molecule has 1 heterocycles. The lowest BCUT2D eigenvalue weighted by atomic mass is 10.1. The third kappa shape index (κ3) is 5.34. The van der Waals surface area contributed by atoms with Crippen molar-refractivity contribution >= 4 is 34.9 Å². The smallest absolute Gasteiger partial charge is 0.352 e. The monoisotopic (exact) mass is 430 g/mol. The van der Waals surface area contributed by atoms with Crippen LogP contribution >= 0.6 is 23.2 Å². The Labute approximate surface area is 181 Å². The highest BCUT2D eigenvalue weighted by Crippen LogP contribution is 2.27. The molecule has 6 heteroatoms. The Balaban J connectivity index is 1.72. The second-order valence-electron chi connectivity index (χ2n) is 6.95. The highest BCUT2D eigenvalue weighted by Gasteiger charge is 2.13. The Morgan fingerprint density at radius 3 is 2.34 bits per heavy atom. The molecule has 0 aliphatic rings. The lowest BCUT2D eigenvalue weighted by Gasteiger charge is -2.10. The van der Waals surface area contributed by atoms with Crippen molar-refractivity contribution in [1.82, 2.24) is 4.57 Å². The maximum atomic E-state index is 11.6. The Morgan fingerprint density at radius 1 is 1.03 bits per heavy atom. The minimum Gasteiger partial charge on any atom is -0.477 e. The van der Waals surface area contributed by atoms with Crippen molar-refractivity contribution in [3.8, 4) is 11.1 Å². The van der Waals surface area contributed by atoms with Crippen LogP contribution in [0.1, 0.15) is 42.2 Å². The van der Waals surface area contributed by atoms with Gasteiger partial charge in [-0.15, -0.1) is 0 Å². The zero-order valence-corrected chi connectivity index (χ0v) is 17.8. The zero-order valence-electron chi connectivity index (χ0n) is 16.3. The van der Waals surface area contributed by atoms with Gasteiger partial charge in [-0.2, -0.15) is 0 Å². The quantitative estimate of drug-likeness (QED) is 0.360. The van der Waals surface area contributed by atoms with Gasteiger partial charge < -0.3 is 15.0 Å². The molecule has 0 fully saturated rings. The fourth-order valence-corrected chi connectivity index (χ4v) is 3.77. The molecular formula is C23H24Cl2N2O2. The lowest BCUT2D eigenvalue weighted by Crippen LogP contribution is -2.07. The van der Waals surface area contributed by atoms with E-state index in [1.54, 1.807) is 6.07 Å². The van der Waals surface area contributed by atoms with E-state index in [0.29, 0.717) is 28.8 Å². The van der Waals surface area contributed by atoms with Crippen LogP contribution in [0, 0.1) is 0 Å². The van der Waals surface area contributed by atoms with Crippen LogP contribution in [0.2, 0.25) is 10.0 Å². The molecule has 2 N–H and O–H groups in total. The van der Waals surface area contributed by atoms with Gasteiger partial charge in [0.15, 0.2) is 0 Å². The highest BCUT2D eigenvalue weighted by atomic mass is 35.5. The Kier molecular flexibility index (Phi) is 7.24. The van der Waals surface area contributed by atoms with Crippen molar-refractivity contribution in [2.24, 2.45) is 0 Å². The molecule has 152 valence electrons. The van der Waals surface area contributed by atoms with Gasteiger partial charge in [-0.1, -0.05) is 61.2 Å². The number of hydrogen-bond donors (Lipinski definition) is 2. The van der Waals surface area contributed by atoms with Crippen molar-refractivity contribution in [2.45, 2.75) is 39.3 Å². The SMILES string of the molecule is CCCCCn1cc(-c2ccc(NCc3c(Cl)cccc3Cl)cc2)cc1C(=O)O. The summed E-state index contributed by atoms with van der Waals surface area (Å²) < 4.78 is 1.83. The second-order valence-corrected chi connectivity index (χ2v) is 7.77. The van der Waals surface area contributed by atoms with E-state index in [-0.39, 0.29) is 0 Å². The van der Waals surface area contributed by atoms with Crippen molar-refractivity contribution in [3.05, 3.63) is 76.0 Å². The van der Waals surface area contributed by atoms with Gasteiger partial charge >= 0.3 is 5.97 Å². The number of unbranched alkanes of at least 4 members (excludes halogenated alkanes) is 2. The second kappa shape index (κ2) is 9.86. The molecule has 0 amide bonds. The summed E-state index contributed by atoms with van der Waals surface area (Å²) in [6.07, 6.45) is 5.08. The van der Waals surface area contributed by atoms with Crippen molar-refractivity contribution in [1.29, 1.82) is 0 Å². The number of benzene rings is 2. The molecule has 29 heavy (non-hydrogen) atoms. The van der Waals surface area contributed by atoms with Gasteiger partial charge in [0.25, 0.3) is 0 Å². The van der Waals surface area contributed by atoms with Crippen LogP contribution in [-0.2, 0) is 13.1 Å². The molecule has 0 radical (unpaired) electrons. The van der Waals surface area contributed by atoms with Gasteiger partial charge in [-0.05, 0) is 42.3 Å². The number of hydrogen-bond acceptors (Lipinski definition) is 2. The number of halogens is 2. The first-order valence-corrected chi connectivity index (χ1v) is 10.5. The number of carboxylic acid groups (broad SMARTS) is 1. The maximum absolute atomic E-state index is 11.6. The summed E-state index contributed by atoms with van der Waals surface area (Å²) in [5, 5.41) is 14.1. The maximum Gasteiger partial charge on any atom is 0.352 e. The average Bonchev–Trinajstić information content (AvgIpc) is 3.13. The number of aromatic carboxylic acids is 1. The molecule has 2 aromatic carbocycles. The standard InChI is InChI=1S/C23H24Cl2N2O2/c1-2-3-4-12-27-15-17(13-22(27)23(28)29)16-8-10-18(11-9-16)26-14-19-20(24)6-5-7-21(19)25/h5-11,13,15,26H,2-4,12,14H2,1H3,(H,28,29). The predicted octanol–water partition coefficient (Wildman–Crippen LogP) is 6.96. The first-order chi connectivity index (χ1) is 14.0. The minimum atomic E-state index is -0.900. The Bertz CT molecular complexity index is 961. The van der Waals surface area contributed by atoms with Gasteiger partial charge in [0.05, 0.1) is 0 Å². The van der Waals surface area contributed by atoms with Crippen LogP contribution in [0.15, 0.2) is 54.7 Å². The van der Waals surface area contributed by atoms with E-state index in [1.165, 1.54) is 0 Å². The van der Waals surface area contributed by atoms with Gasteiger partial charge in [0.2, 0.25) is 0 Å². The molecule has 3 rings (SSSR count). The highest BCUT2D eigenvalue weighted by molar-refractivity contribution is 6.36. The van der Waals surface area contributed by atoms with E-state index < -0.39 is 5.97 Å². The summed E-state index contributed by atoms with van der Waals surface area (Å²) in [7, 11) is 0.